The van der Waals surface area contributed by atoms with E-state index in [9.17, 15) is 0 Å². The molecule has 5 nitrogen and oxygen atoms in total. The van der Waals surface area contributed by atoms with Crippen molar-refractivity contribution in [3.63, 3.8) is 0 Å². The molecule has 6 heteroatoms. The highest BCUT2D eigenvalue weighted by atomic mass is 32.1. The Bertz CT molecular complexity index is 1220. The van der Waals surface area contributed by atoms with Gasteiger partial charge in [0.15, 0.2) is 5.11 Å². The van der Waals surface area contributed by atoms with E-state index in [0.717, 1.165) is 22.9 Å². The first-order valence-corrected chi connectivity index (χ1v) is 11.0. The van der Waals surface area contributed by atoms with Crippen molar-refractivity contribution in [1.82, 2.24) is 14.9 Å². The van der Waals surface area contributed by atoms with Gasteiger partial charge in [-0.2, -0.15) is 0 Å². The Hall–Kier alpha value is -3.64. The lowest BCUT2D eigenvalue weighted by Gasteiger charge is -2.28. The van der Waals surface area contributed by atoms with E-state index in [1.54, 1.807) is 0 Å². The SMILES string of the molecule is Cc1ccc([C@@H]2[C@@H](c3ccccn3)NC(=S)N2c2ccc(Oc3ccccc3)cc2)n1C. The Morgan fingerprint density at radius 3 is 2.25 bits per heavy atom. The van der Waals surface area contributed by atoms with Crippen LogP contribution in [0, 0.1) is 6.92 Å². The number of rotatable bonds is 5. The summed E-state index contributed by atoms with van der Waals surface area (Å²) in [7, 11) is 2.09. The van der Waals surface area contributed by atoms with E-state index in [1.807, 2.05) is 66.9 Å². The van der Waals surface area contributed by atoms with E-state index >= 15 is 0 Å². The second-order valence-corrected chi connectivity index (χ2v) is 8.25. The molecule has 0 unspecified atom stereocenters. The maximum atomic E-state index is 5.97. The number of para-hydroxylation sites is 1. The molecule has 0 bridgehead atoms. The summed E-state index contributed by atoms with van der Waals surface area (Å²) in [6, 6.07) is 28.1. The first-order chi connectivity index (χ1) is 15.6. The van der Waals surface area contributed by atoms with E-state index in [1.165, 1.54) is 11.4 Å². The highest BCUT2D eigenvalue weighted by Gasteiger charge is 2.41. The van der Waals surface area contributed by atoms with E-state index < -0.39 is 0 Å². The number of hydrogen-bond acceptors (Lipinski definition) is 3. The summed E-state index contributed by atoms with van der Waals surface area (Å²) in [4.78, 5) is 6.79. The number of pyridine rings is 1. The molecule has 2 atom stereocenters. The molecule has 160 valence electrons. The van der Waals surface area contributed by atoms with Crippen LogP contribution in [0.1, 0.15) is 29.2 Å². The summed E-state index contributed by atoms with van der Waals surface area (Å²) in [6.07, 6.45) is 1.83. The van der Waals surface area contributed by atoms with Gasteiger partial charge in [-0.1, -0.05) is 24.3 Å². The van der Waals surface area contributed by atoms with Crippen molar-refractivity contribution in [3.05, 3.63) is 108 Å². The molecule has 0 saturated carbocycles. The van der Waals surface area contributed by atoms with Gasteiger partial charge in [-0.05, 0) is 79.8 Å². The first kappa shape index (κ1) is 20.3. The van der Waals surface area contributed by atoms with E-state index in [2.05, 4.69) is 58.0 Å². The largest absolute Gasteiger partial charge is 0.457 e. The molecule has 0 amide bonds. The topological polar surface area (TPSA) is 42.3 Å². The predicted molar refractivity (Wildman–Crippen MR) is 131 cm³/mol. The van der Waals surface area contributed by atoms with Gasteiger partial charge in [0.05, 0.1) is 11.7 Å². The first-order valence-electron chi connectivity index (χ1n) is 10.6. The summed E-state index contributed by atoms with van der Waals surface area (Å²) >= 11 is 5.81. The van der Waals surface area contributed by atoms with E-state index in [4.69, 9.17) is 17.0 Å². The van der Waals surface area contributed by atoms with Crippen LogP contribution in [0.3, 0.4) is 0 Å². The van der Waals surface area contributed by atoms with Gasteiger partial charge >= 0.3 is 0 Å². The van der Waals surface area contributed by atoms with Crippen LogP contribution < -0.4 is 15.0 Å². The molecule has 0 spiro atoms. The predicted octanol–water partition coefficient (Wildman–Crippen LogP) is 5.70. The smallest absolute Gasteiger partial charge is 0.174 e. The third-order valence-electron chi connectivity index (χ3n) is 5.91. The second-order valence-electron chi connectivity index (χ2n) is 7.86. The minimum Gasteiger partial charge on any atom is -0.457 e. The van der Waals surface area contributed by atoms with Crippen LogP contribution >= 0.6 is 12.2 Å². The van der Waals surface area contributed by atoms with Crippen molar-refractivity contribution in [2.45, 2.75) is 19.0 Å². The Balaban J connectivity index is 1.51. The fourth-order valence-corrected chi connectivity index (χ4v) is 4.51. The van der Waals surface area contributed by atoms with Crippen LogP contribution in [0.2, 0.25) is 0 Å². The van der Waals surface area contributed by atoms with Gasteiger partial charge in [0.1, 0.15) is 17.5 Å². The molecule has 0 aliphatic carbocycles. The third kappa shape index (κ3) is 3.74. The molecule has 0 radical (unpaired) electrons. The monoisotopic (exact) mass is 440 g/mol. The minimum absolute atomic E-state index is 0.0306. The fourth-order valence-electron chi connectivity index (χ4n) is 4.16. The van der Waals surface area contributed by atoms with Crippen LogP contribution in [0.4, 0.5) is 5.69 Å². The number of nitrogens with one attached hydrogen (secondary N) is 1. The number of benzene rings is 2. The van der Waals surface area contributed by atoms with Crippen molar-refractivity contribution >= 4 is 23.0 Å². The normalized spacial score (nSPS) is 17.9. The number of aromatic nitrogens is 2. The molecule has 3 heterocycles. The van der Waals surface area contributed by atoms with Crippen molar-refractivity contribution in [2.24, 2.45) is 7.05 Å². The lowest BCUT2D eigenvalue weighted by atomic mass is 10.0. The van der Waals surface area contributed by atoms with Crippen LogP contribution in [0.15, 0.2) is 91.1 Å². The molecular formula is C26H24N4OS. The summed E-state index contributed by atoms with van der Waals surface area (Å²) in [5.74, 6) is 1.59. The van der Waals surface area contributed by atoms with Crippen LogP contribution in [-0.4, -0.2) is 14.7 Å². The maximum Gasteiger partial charge on any atom is 0.174 e. The number of ether oxygens (including phenoxy) is 1. The highest BCUT2D eigenvalue weighted by Crippen LogP contribution is 2.42. The van der Waals surface area contributed by atoms with E-state index in [0.29, 0.717) is 5.11 Å². The van der Waals surface area contributed by atoms with Crippen molar-refractivity contribution in [2.75, 3.05) is 4.90 Å². The number of anilines is 1. The molecule has 1 aliphatic heterocycles. The Morgan fingerprint density at radius 2 is 1.59 bits per heavy atom. The van der Waals surface area contributed by atoms with Crippen LogP contribution in [0.25, 0.3) is 0 Å². The van der Waals surface area contributed by atoms with Crippen molar-refractivity contribution in [3.8, 4) is 11.5 Å². The molecule has 1 N–H and O–H groups in total. The minimum atomic E-state index is -0.0584. The summed E-state index contributed by atoms with van der Waals surface area (Å²) in [6.45, 7) is 2.11. The number of thiocarbonyl (C=S) groups is 1. The second kappa shape index (κ2) is 8.48. The lowest BCUT2D eigenvalue weighted by Crippen LogP contribution is -2.30. The van der Waals surface area contributed by atoms with Gasteiger partial charge in [0.25, 0.3) is 0 Å². The van der Waals surface area contributed by atoms with Gasteiger partial charge in [-0.15, -0.1) is 0 Å². The van der Waals surface area contributed by atoms with Gasteiger partial charge in [-0.3, -0.25) is 4.98 Å². The van der Waals surface area contributed by atoms with Crippen LogP contribution in [0.5, 0.6) is 11.5 Å². The fraction of sp³-hybridized carbons (Fsp3) is 0.154. The molecule has 1 saturated heterocycles. The summed E-state index contributed by atoms with van der Waals surface area (Å²) in [5, 5.41) is 4.19. The molecule has 2 aromatic carbocycles. The Morgan fingerprint density at radius 1 is 0.875 bits per heavy atom. The molecule has 1 fully saturated rings. The van der Waals surface area contributed by atoms with Gasteiger partial charge in [0.2, 0.25) is 0 Å². The molecule has 32 heavy (non-hydrogen) atoms. The molecule has 5 rings (SSSR count). The average molecular weight is 441 g/mol. The van der Waals surface area contributed by atoms with Crippen LogP contribution in [-0.2, 0) is 7.05 Å². The zero-order valence-electron chi connectivity index (χ0n) is 18.0. The average Bonchev–Trinajstić information content (AvgIpc) is 3.34. The zero-order chi connectivity index (χ0) is 22.1. The van der Waals surface area contributed by atoms with Gasteiger partial charge in [-0.25, -0.2) is 0 Å². The summed E-state index contributed by atoms with van der Waals surface area (Å²) < 4.78 is 8.18. The quantitative estimate of drug-likeness (QED) is 0.403. The van der Waals surface area contributed by atoms with E-state index in [-0.39, 0.29) is 12.1 Å². The number of hydrogen-bond donors (Lipinski definition) is 1. The van der Waals surface area contributed by atoms with Gasteiger partial charge in [0, 0.05) is 30.3 Å². The Labute approximate surface area is 193 Å². The standard InChI is InChI=1S/C26H24N4OS/c1-18-11-16-23(29(18)2)25-24(22-10-6-7-17-27-22)28-26(32)30(25)19-12-14-21(15-13-19)31-20-8-4-3-5-9-20/h3-17,24-25H,1-2H3,(H,28,32)/t24-,25-/m1/s1. The molecule has 2 aromatic heterocycles. The number of aryl methyl sites for hydroxylation is 1. The molecule has 4 aromatic rings. The maximum absolute atomic E-state index is 5.97. The molecule has 1 aliphatic rings. The third-order valence-corrected chi connectivity index (χ3v) is 6.22. The summed E-state index contributed by atoms with van der Waals surface area (Å²) in [5.41, 5.74) is 4.34. The Kier molecular flexibility index (Phi) is 5.37. The van der Waals surface area contributed by atoms with Crippen molar-refractivity contribution < 1.29 is 4.74 Å². The highest BCUT2D eigenvalue weighted by molar-refractivity contribution is 7.80. The zero-order valence-corrected chi connectivity index (χ0v) is 18.8. The van der Waals surface area contributed by atoms with Gasteiger partial charge < -0.3 is 19.5 Å². The number of nitrogens with zero attached hydrogens (tertiary/aromatic N) is 3. The molecular weight excluding hydrogens is 416 g/mol. The lowest BCUT2D eigenvalue weighted by molar-refractivity contribution is 0.482. The van der Waals surface area contributed by atoms with Crippen molar-refractivity contribution in [1.29, 1.82) is 0 Å².